The Morgan fingerprint density at radius 3 is 2.63 bits per heavy atom. The zero-order valence-electron chi connectivity index (χ0n) is 11.1. The summed E-state index contributed by atoms with van der Waals surface area (Å²) in [6.07, 6.45) is 1.89. The minimum absolute atomic E-state index is 0.197. The number of amides is 2. The maximum Gasteiger partial charge on any atom is 0.414 e. The van der Waals surface area contributed by atoms with Gasteiger partial charge in [0.15, 0.2) is 0 Å². The van der Waals surface area contributed by atoms with E-state index in [0.29, 0.717) is 6.42 Å². The van der Waals surface area contributed by atoms with E-state index >= 15 is 0 Å². The maximum absolute atomic E-state index is 12.1. The summed E-state index contributed by atoms with van der Waals surface area (Å²) in [7, 11) is 0. The quantitative estimate of drug-likeness (QED) is 0.890. The molecule has 2 amide bonds. The van der Waals surface area contributed by atoms with Crippen molar-refractivity contribution >= 4 is 12.0 Å². The largest absolute Gasteiger partial charge is 0.465 e. The summed E-state index contributed by atoms with van der Waals surface area (Å²) in [6, 6.07) is 9.50. The molecule has 0 saturated carbocycles. The van der Waals surface area contributed by atoms with Crippen LogP contribution < -0.4 is 0 Å². The van der Waals surface area contributed by atoms with Crippen molar-refractivity contribution in [1.29, 1.82) is 0 Å². The van der Waals surface area contributed by atoms with Crippen LogP contribution in [0.2, 0.25) is 0 Å². The molecule has 0 aliphatic carbocycles. The predicted octanol–water partition coefficient (Wildman–Crippen LogP) is 2.92. The number of carbonyl (C=O) groups excluding carboxylic acids is 1. The molecule has 0 bridgehead atoms. The van der Waals surface area contributed by atoms with Gasteiger partial charge in [-0.1, -0.05) is 43.7 Å². The first-order chi connectivity index (χ1) is 9.09. The molecule has 4 nitrogen and oxygen atoms in total. The molecule has 0 radical (unpaired) electrons. The summed E-state index contributed by atoms with van der Waals surface area (Å²) in [5.41, 5.74) is 1.07. The van der Waals surface area contributed by atoms with Crippen molar-refractivity contribution < 1.29 is 14.7 Å². The first-order valence-corrected chi connectivity index (χ1v) is 6.69. The lowest BCUT2D eigenvalue weighted by Crippen LogP contribution is -2.45. The first kappa shape index (κ1) is 13.6. The van der Waals surface area contributed by atoms with E-state index in [1.165, 1.54) is 0 Å². The molecule has 0 aromatic heterocycles. The lowest BCUT2D eigenvalue weighted by Gasteiger charge is -2.26. The van der Waals surface area contributed by atoms with Gasteiger partial charge in [-0.05, 0) is 24.8 Å². The number of likely N-dealkylation sites (tertiary alicyclic amines) is 1. The fourth-order valence-corrected chi connectivity index (χ4v) is 2.66. The summed E-state index contributed by atoms with van der Waals surface area (Å²) < 4.78 is 0. The molecule has 2 atom stereocenters. The highest BCUT2D eigenvalue weighted by Crippen LogP contribution is 2.24. The zero-order chi connectivity index (χ0) is 13.8. The van der Waals surface area contributed by atoms with E-state index in [1.807, 2.05) is 37.3 Å². The summed E-state index contributed by atoms with van der Waals surface area (Å²) in [5.74, 6) is -0.456. The van der Waals surface area contributed by atoms with Crippen LogP contribution in [0.1, 0.15) is 31.7 Å². The highest BCUT2D eigenvalue weighted by molar-refractivity contribution is 5.93. The lowest BCUT2D eigenvalue weighted by atomic mass is 10.0. The van der Waals surface area contributed by atoms with E-state index in [1.54, 1.807) is 0 Å². The highest BCUT2D eigenvalue weighted by Gasteiger charge is 2.34. The molecule has 1 aromatic rings. The van der Waals surface area contributed by atoms with Crippen LogP contribution in [0, 0.1) is 5.92 Å². The highest BCUT2D eigenvalue weighted by atomic mass is 16.4. The second-order valence-corrected chi connectivity index (χ2v) is 5.17. The Kier molecular flexibility index (Phi) is 4.20. The van der Waals surface area contributed by atoms with Crippen molar-refractivity contribution in [1.82, 2.24) is 4.90 Å². The van der Waals surface area contributed by atoms with Crippen molar-refractivity contribution in [2.75, 3.05) is 0 Å². The minimum Gasteiger partial charge on any atom is -0.465 e. The lowest BCUT2D eigenvalue weighted by molar-refractivity contribution is -0.134. The van der Waals surface area contributed by atoms with Gasteiger partial charge in [-0.3, -0.25) is 4.79 Å². The molecule has 1 heterocycles. The molecule has 2 rings (SSSR count). The van der Waals surface area contributed by atoms with Crippen LogP contribution in [0.4, 0.5) is 4.79 Å². The van der Waals surface area contributed by atoms with Crippen molar-refractivity contribution in [3.05, 3.63) is 35.9 Å². The van der Waals surface area contributed by atoms with Crippen LogP contribution >= 0.6 is 0 Å². The predicted molar refractivity (Wildman–Crippen MR) is 71.8 cm³/mol. The Hall–Kier alpha value is -1.84. The molecule has 1 fully saturated rings. The molecule has 1 aromatic carbocycles. The Balaban J connectivity index is 2.20. The minimum atomic E-state index is -1.13. The topological polar surface area (TPSA) is 57.6 Å². The van der Waals surface area contributed by atoms with Gasteiger partial charge in [-0.25, -0.2) is 9.69 Å². The molecule has 102 valence electrons. The Labute approximate surface area is 113 Å². The Morgan fingerprint density at radius 2 is 2.00 bits per heavy atom. The van der Waals surface area contributed by atoms with E-state index in [2.05, 4.69) is 0 Å². The maximum atomic E-state index is 12.1. The number of hydrogen-bond acceptors (Lipinski definition) is 2. The van der Waals surface area contributed by atoms with Crippen LogP contribution in [0.5, 0.6) is 0 Å². The monoisotopic (exact) mass is 261 g/mol. The zero-order valence-corrected chi connectivity index (χ0v) is 11.1. The van der Waals surface area contributed by atoms with Crippen molar-refractivity contribution in [2.24, 2.45) is 5.92 Å². The van der Waals surface area contributed by atoms with Crippen LogP contribution in [0.15, 0.2) is 30.3 Å². The molecular formula is C15H19NO3. The fourth-order valence-electron chi connectivity index (χ4n) is 2.66. The van der Waals surface area contributed by atoms with E-state index in [-0.39, 0.29) is 17.9 Å². The summed E-state index contributed by atoms with van der Waals surface area (Å²) in [6.45, 7) is 1.81. The summed E-state index contributed by atoms with van der Waals surface area (Å²) >= 11 is 0. The number of carboxylic acid groups (broad SMARTS) is 1. The van der Waals surface area contributed by atoms with Gasteiger partial charge >= 0.3 is 6.09 Å². The van der Waals surface area contributed by atoms with Gasteiger partial charge < -0.3 is 5.11 Å². The second kappa shape index (κ2) is 5.87. The van der Waals surface area contributed by atoms with Gasteiger partial charge in [0.25, 0.3) is 0 Å². The van der Waals surface area contributed by atoms with E-state index in [0.717, 1.165) is 29.7 Å². The van der Waals surface area contributed by atoms with Crippen molar-refractivity contribution in [2.45, 2.75) is 38.6 Å². The molecule has 1 N–H and O–H groups in total. The molecule has 1 aliphatic rings. The molecule has 0 spiro atoms. The number of benzene rings is 1. The third kappa shape index (κ3) is 3.13. The van der Waals surface area contributed by atoms with Crippen LogP contribution in [0.3, 0.4) is 0 Å². The Morgan fingerprint density at radius 1 is 1.32 bits per heavy atom. The number of rotatable bonds is 2. The Bertz CT molecular complexity index is 458. The van der Waals surface area contributed by atoms with Crippen molar-refractivity contribution in [3.63, 3.8) is 0 Å². The smallest absolute Gasteiger partial charge is 0.414 e. The van der Waals surface area contributed by atoms with E-state index in [4.69, 9.17) is 0 Å². The second-order valence-electron chi connectivity index (χ2n) is 5.17. The number of hydrogen-bond donors (Lipinski definition) is 1. The number of carbonyl (C=O) groups is 2. The van der Waals surface area contributed by atoms with Gasteiger partial charge in [-0.2, -0.15) is 0 Å². The SMILES string of the molecule is CC1CCCC(Cc2ccccc2)N(C(=O)O)C1=O. The van der Waals surface area contributed by atoms with Crippen LogP contribution in [-0.2, 0) is 11.2 Å². The van der Waals surface area contributed by atoms with Gasteiger partial charge in [0.1, 0.15) is 0 Å². The molecule has 4 heteroatoms. The van der Waals surface area contributed by atoms with Gasteiger partial charge in [0, 0.05) is 12.0 Å². The van der Waals surface area contributed by atoms with E-state index in [9.17, 15) is 14.7 Å². The average molecular weight is 261 g/mol. The normalized spacial score (nSPS) is 24.1. The van der Waals surface area contributed by atoms with Gasteiger partial charge in [0.05, 0.1) is 0 Å². The first-order valence-electron chi connectivity index (χ1n) is 6.69. The molecular weight excluding hydrogens is 242 g/mol. The van der Waals surface area contributed by atoms with Gasteiger partial charge in [0.2, 0.25) is 5.91 Å². The molecule has 1 saturated heterocycles. The molecule has 1 aliphatic heterocycles. The third-order valence-electron chi connectivity index (χ3n) is 3.72. The summed E-state index contributed by atoms with van der Waals surface area (Å²) in [5, 5.41) is 9.30. The molecule has 2 unspecified atom stereocenters. The standard InChI is InChI=1S/C15H19NO3/c1-11-6-5-9-13(16(14(11)17)15(18)19)10-12-7-3-2-4-8-12/h2-4,7-8,11,13H,5-6,9-10H2,1H3,(H,18,19). The van der Waals surface area contributed by atoms with E-state index < -0.39 is 6.09 Å². The van der Waals surface area contributed by atoms with Crippen LogP contribution in [0.25, 0.3) is 0 Å². The average Bonchev–Trinajstić information content (AvgIpc) is 2.51. The number of imide groups is 1. The van der Waals surface area contributed by atoms with Gasteiger partial charge in [-0.15, -0.1) is 0 Å². The third-order valence-corrected chi connectivity index (χ3v) is 3.72. The fraction of sp³-hybridized carbons (Fsp3) is 0.467. The number of nitrogens with zero attached hydrogens (tertiary/aromatic N) is 1. The van der Waals surface area contributed by atoms with Crippen LogP contribution in [-0.4, -0.2) is 28.0 Å². The van der Waals surface area contributed by atoms with Crippen molar-refractivity contribution in [3.8, 4) is 0 Å². The summed E-state index contributed by atoms with van der Waals surface area (Å²) in [4.78, 5) is 24.5. The molecule has 19 heavy (non-hydrogen) atoms.